The van der Waals surface area contributed by atoms with Crippen LogP contribution < -0.4 is 5.32 Å². The van der Waals surface area contributed by atoms with Gasteiger partial charge in [0.2, 0.25) is 0 Å². The van der Waals surface area contributed by atoms with Gasteiger partial charge in [-0.1, -0.05) is 23.8 Å². The minimum atomic E-state index is -0.297. The number of aromatic nitrogens is 1. The number of halogens is 1. The van der Waals surface area contributed by atoms with Gasteiger partial charge in [0.1, 0.15) is 11.7 Å². The summed E-state index contributed by atoms with van der Waals surface area (Å²) in [6, 6.07) is 16.5. The van der Waals surface area contributed by atoms with Crippen LogP contribution in [0.3, 0.4) is 0 Å². The van der Waals surface area contributed by atoms with Gasteiger partial charge < -0.3 is 5.32 Å². The number of amidine groups is 1. The molecule has 0 radical (unpaired) electrons. The van der Waals surface area contributed by atoms with Gasteiger partial charge in [0.25, 0.3) is 0 Å². The molecule has 1 N–H and O–H groups in total. The Bertz CT molecular complexity index is 931. The summed E-state index contributed by atoms with van der Waals surface area (Å²) in [5, 5.41) is 3.33. The maximum atomic E-state index is 13.7. The number of hydrogen-bond donors (Lipinski definition) is 1. The molecule has 1 aromatic heterocycles. The minimum absolute atomic E-state index is 0.297. The highest BCUT2D eigenvalue weighted by Crippen LogP contribution is 2.37. The van der Waals surface area contributed by atoms with Crippen molar-refractivity contribution in [1.82, 2.24) is 4.98 Å². The highest BCUT2D eigenvalue weighted by atomic mass is 19.1. The van der Waals surface area contributed by atoms with Crippen LogP contribution in [0.4, 0.5) is 15.8 Å². The van der Waals surface area contributed by atoms with Gasteiger partial charge >= 0.3 is 0 Å². The second-order valence-corrected chi connectivity index (χ2v) is 5.52. The number of aliphatic imine (C=N–C) groups is 1. The topological polar surface area (TPSA) is 37.3 Å². The van der Waals surface area contributed by atoms with Crippen LogP contribution in [0.25, 0.3) is 11.3 Å². The molecule has 2 aromatic carbocycles. The summed E-state index contributed by atoms with van der Waals surface area (Å²) in [5.74, 6) is 0.433. The predicted octanol–water partition coefficient (Wildman–Crippen LogP) is 4.70. The Kier molecular flexibility index (Phi) is 3.15. The highest BCUT2D eigenvalue weighted by Gasteiger charge is 2.18. The van der Waals surface area contributed by atoms with Crippen molar-refractivity contribution in [1.29, 1.82) is 0 Å². The predicted molar refractivity (Wildman–Crippen MR) is 90.6 cm³/mol. The smallest absolute Gasteiger partial charge is 0.138 e. The summed E-state index contributed by atoms with van der Waals surface area (Å²) in [7, 11) is 0. The van der Waals surface area contributed by atoms with E-state index < -0.39 is 0 Å². The fraction of sp³-hybridized carbons (Fsp3) is 0.0526. The molecule has 0 amide bonds. The number of hydrogen-bond acceptors (Lipinski definition) is 3. The van der Waals surface area contributed by atoms with E-state index in [1.54, 1.807) is 12.3 Å². The summed E-state index contributed by atoms with van der Waals surface area (Å²) in [6.07, 6.45) is 1.70. The van der Waals surface area contributed by atoms with Gasteiger partial charge in [0, 0.05) is 17.3 Å². The van der Waals surface area contributed by atoms with Crippen LogP contribution in [-0.2, 0) is 0 Å². The van der Waals surface area contributed by atoms with Crippen molar-refractivity contribution in [2.24, 2.45) is 4.99 Å². The zero-order chi connectivity index (χ0) is 15.8. The molecule has 23 heavy (non-hydrogen) atoms. The number of fused-ring (bicyclic) bond motifs is 3. The van der Waals surface area contributed by atoms with Gasteiger partial charge in [-0.25, -0.2) is 9.38 Å². The lowest BCUT2D eigenvalue weighted by atomic mass is 10.1. The standard InChI is InChI=1S/C19H14FN3/c1-12-4-2-5-13(10-12)19-22-16-8-7-14(20)11-15(16)18-17(23-19)6-3-9-21-18/h2-11H,1H3,(H,22,23). The van der Waals surface area contributed by atoms with Gasteiger partial charge in [-0.05, 0) is 43.3 Å². The van der Waals surface area contributed by atoms with Crippen molar-refractivity contribution < 1.29 is 4.39 Å². The van der Waals surface area contributed by atoms with E-state index in [2.05, 4.69) is 16.4 Å². The third kappa shape index (κ3) is 2.48. The highest BCUT2D eigenvalue weighted by molar-refractivity contribution is 6.13. The summed E-state index contributed by atoms with van der Waals surface area (Å²) in [6.45, 7) is 2.04. The third-order valence-electron chi connectivity index (χ3n) is 3.80. The lowest BCUT2D eigenvalue weighted by Gasteiger charge is -2.10. The van der Waals surface area contributed by atoms with Crippen LogP contribution in [0.15, 0.2) is 65.8 Å². The molecule has 3 aromatic rings. The fourth-order valence-corrected chi connectivity index (χ4v) is 2.72. The first-order chi connectivity index (χ1) is 11.2. The quantitative estimate of drug-likeness (QED) is 0.707. The van der Waals surface area contributed by atoms with Crippen molar-refractivity contribution in [3.8, 4) is 11.3 Å². The summed E-state index contributed by atoms with van der Waals surface area (Å²) in [4.78, 5) is 9.11. The van der Waals surface area contributed by atoms with Crippen LogP contribution in [-0.4, -0.2) is 10.8 Å². The zero-order valence-corrected chi connectivity index (χ0v) is 12.5. The first-order valence-electron chi connectivity index (χ1n) is 7.38. The molecule has 0 spiro atoms. The molecule has 4 rings (SSSR count). The zero-order valence-electron chi connectivity index (χ0n) is 12.5. The largest absolute Gasteiger partial charge is 0.338 e. The van der Waals surface area contributed by atoms with Crippen LogP contribution in [0.5, 0.6) is 0 Å². The van der Waals surface area contributed by atoms with Gasteiger partial charge in [0.15, 0.2) is 0 Å². The number of rotatable bonds is 1. The number of pyridine rings is 1. The van der Waals surface area contributed by atoms with Crippen LogP contribution >= 0.6 is 0 Å². The van der Waals surface area contributed by atoms with Crippen LogP contribution in [0.1, 0.15) is 11.1 Å². The molecule has 1 aliphatic rings. The molecular formula is C19H14FN3. The van der Waals surface area contributed by atoms with E-state index in [-0.39, 0.29) is 5.82 Å². The van der Waals surface area contributed by atoms with Gasteiger partial charge in [-0.15, -0.1) is 0 Å². The Balaban J connectivity index is 1.96. The number of benzene rings is 2. The number of nitrogens with zero attached hydrogens (tertiary/aromatic N) is 2. The number of nitrogens with one attached hydrogen (secondary N) is 1. The third-order valence-corrected chi connectivity index (χ3v) is 3.80. The maximum Gasteiger partial charge on any atom is 0.138 e. The summed E-state index contributed by atoms with van der Waals surface area (Å²) in [5.41, 5.74) is 5.05. The molecule has 2 heterocycles. The van der Waals surface area contributed by atoms with Gasteiger partial charge in [-0.2, -0.15) is 0 Å². The molecule has 0 saturated carbocycles. The number of anilines is 1. The van der Waals surface area contributed by atoms with E-state index in [4.69, 9.17) is 4.99 Å². The normalized spacial score (nSPS) is 12.5. The SMILES string of the molecule is Cc1cccc(C2=Nc3ccc(F)cc3-c3ncccc3N2)c1. The molecule has 0 aliphatic carbocycles. The average Bonchev–Trinajstić information content (AvgIpc) is 2.72. The molecule has 112 valence electrons. The molecule has 4 heteroatoms. The van der Waals surface area contributed by atoms with Crippen molar-refractivity contribution in [3.63, 3.8) is 0 Å². The Morgan fingerprint density at radius 1 is 1.00 bits per heavy atom. The summed E-state index contributed by atoms with van der Waals surface area (Å²) >= 11 is 0. The number of aryl methyl sites for hydroxylation is 1. The van der Waals surface area contributed by atoms with Gasteiger partial charge in [-0.3, -0.25) is 4.98 Å². The second-order valence-electron chi connectivity index (χ2n) is 5.52. The average molecular weight is 303 g/mol. The lowest BCUT2D eigenvalue weighted by Crippen LogP contribution is -2.13. The van der Waals surface area contributed by atoms with Gasteiger partial charge in [0.05, 0.1) is 17.1 Å². The first-order valence-corrected chi connectivity index (χ1v) is 7.38. The maximum absolute atomic E-state index is 13.7. The second kappa shape index (κ2) is 5.32. The molecule has 1 aliphatic heterocycles. The molecule has 0 saturated heterocycles. The van der Waals surface area contributed by atoms with Crippen molar-refractivity contribution in [2.45, 2.75) is 6.92 Å². The van der Waals surface area contributed by atoms with Crippen molar-refractivity contribution in [2.75, 3.05) is 5.32 Å². The van der Waals surface area contributed by atoms with E-state index in [0.29, 0.717) is 16.9 Å². The van der Waals surface area contributed by atoms with E-state index in [1.807, 2.05) is 37.3 Å². The first kappa shape index (κ1) is 13.6. The van der Waals surface area contributed by atoms with E-state index >= 15 is 0 Å². The van der Waals surface area contributed by atoms with Crippen molar-refractivity contribution in [3.05, 3.63) is 77.7 Å². The summed E-state index contributed by atoms with van der Waals surface area (Å²) < 4.78 is 13.7. The molecular weight excluding hydrogens is 289 g/mol. The molecule has 0 atom stereocenters. The molecule has 0 bridgehead atoms. The minimum Gasteiger partial charge on any atom is -0.338 e. The lowest BCUT2D eigenvalue weighted by molar-refractivity contribution is 0.628. The van der Waals surface area contributed by atoms with Crippen molar-refractivity contribution >= 4 is 17.2 Å². The molecule has 3 nitrogen and oxygen atoms in total. The Labute approximate surface area is 133 Å². The monoisotopic (exact) mass is 303 g/mol. The fourth-order valence-electron chi connectivity index (χ4n) is 2.72. The Morgan fingerprint density at radius 3 is 2.78 bits per heavy atom. The van der Waals surface area contributed by atoms with Crippen LogP contribution in [0.2, 0.25) is 0 Å². The van der Waals surface area contributed by atoms with Crippen LogP contribution in [0, 0.1) is 12.7 Å². The molecule has 0 unspecified atom stereocenters. The van der Waals surface area contributed by atoms with E-state index in [1.165, 1.54) is 12.1 Å². The van der Waals surface area contributed by atoms with E-state index in [9.17, 15) is 4.39 Å². The van der Waals surface area contributed by atoms with E-state index in [0.717, 1.165) is 22.6 Å². The Hall–Kier alpha value is -3.01. The molecule has 0 fully saturated rings. The Morgan fingerprint density at radius 2 is 1.91 bits per heavy atom.